The molecule has 0 bridgehead atoms. The Kier molecular flexibility index (Phi) is 4.22. The molecule has 1 fully saturated rings. The van der Waals surface area contributed by atoms with E-state index in [9.17, 15) is 4.79 Å². The van der Waals surface area contributed by atoms with E-state index in [-0.39, 0.29) is 17.9 Å². The van der Waals surface area contributed by atoms with Crippen LogP contribution in [0.3, 0.4) is 0 Å². The van der Waals surface area contributed by atoms with Gasteiger partial charge in [0.2, 0.25) is 11.8 Å². The summed E-state index contributed by atoms with van der Waals surface area (Å²) in [6.45, 7) is 5.32. The normalized spacial score (nSPS) is 20.1. The zero-order valence-electron chi connectivity index (χ0n) is 13.0. The zero-order valence-corrected chi connectivity index (χ0v) is 13.0. The Balaban J connectivity index is 1.68. The van der Waals surface area contributed by atoms with E-state index in [0.29, 0.717) is 12.4 Å². The molecule has 1 aliphatic heterocycles. The minimum Gasteiger partial charge on any atom is -0.340 e. The fraction of sp³-hybridized carbons (Fsp3) is 0.600. The van der Waals surface area contributed by atoms with Gasteiger partial charge in [0.1, 0.15) is 6.04 Å². The van der Waals surface area contributed by atoms with Crippen LogP contribution in [0, 0.1) is 0 Å². The molecule has 1 aliphatic rings. The number of piperidine rings is 1. The molecule has 0 N–H and O–H groups in total. The van der Waals surface area contributed by atoms with Crippen molar-refractivity contribution in [2.24, 2.45) is 0 Å². The van der Waals surface area contributed by atoms with E-state index in [1.54, 1.807) is 12.5 Å². The van der Waals surface area contributed by atoms with Crippen molar-refractivity contribution in [2.75, 3.05) is 13.1 Å². The second-order valence-electron chi connectivity index (χ2n) is 5.71. The van der Waals surface area contributed by atoms with Crippen LogP contribution in [0.4, 0.5) is 0 Å². The molecule has 2 aromatic rings. The SMILES string of the molecule is CCc1nc([C@H]2CCCN(C(=O)[C@@H](C)n3ccnc3)C2)no1. The van der Waals surface area contributed by atoms with Crippen molar-refractivity contribution in [2.45, 2.75) is 45.1 Å². The molecule has 0 unspecified atom stereocenters. The second kappa shape index (κ2) is 6.29. The van der Waals surface area contributed by atoms with Gasteiger partial charge in [-0.25, -0.2) is 4.98 Å². The smallest absolute Gasteiger partial charge is 0.245 e. The van der Waals surface area contributed by atoms with E-state index in [0.717, 1.165) is 31.6 Å². The Morgan fingerprint density at radius 3 is 3.09 bits per heavy atom. The van der Waals surface area contributed by atoms with Crippen LogP contribution in [0.1, 0.15) is 50.4 Å². The molecular weight excluding hydrogens is 282 g/mol. The van der Waals surface area contributed by atoms with E-state index in [1.165, 1.54) is 0 Å². The number of hydrogen-bond donors (Lipinski definition) is 0. The van der Waals surface area contributed by atoms with Crippen LogP contribution in [-0.4, -0.2) is 43.6 Å². The van der Waals surface area contributed by atoms with E-state index < -0.39 is 0 Å². The molecule has 118 valence electrons. The third-order valence-corrected chi connectivity index (χ3v) is 4.21. The van der Waals surface area contributed by atoms with Gasteiger partial charge >= 0.3 is 0 Å². The summed E-state index contributed by atoms with van der Waals surface area (Å²) >= 11 is 0. The predicted octanol–water partition coefficient (Wildman–Crippen LogP) is 1.80. The lowest BCUT2D eigenvalue weighted by Crippen LogP contribution is -2.42. The Labute approximate surface area is 129 Å². The number of hydrogen-bond acceptors (Lipinski definition) is 5. The summed E-state index contributed by atoms with van der Waals surface area (Å²) in [7, 11) is 0. The lowest BCUT2D eigenvalue weighted by molar-refractivity contribution is -0.135. The third-order valence-electron chi connectivity index (χ3n) is 4.21. The standard InChI is InChI=1S/C15H21N5O2/c1-3-13-17-14(18-22-13)12-5-4-7-19(9-12)15(21)11(2)20-8-6-16-10-20/h6,8,10-12H,3-5,7,9H2,1-2H3/t11-,12+/m1/s1. The fourth-order valence-electron chi connectivity index (χ4n) is 2.86. The molecule has 1 amide bonds. The molecule has 2 aromatic heterocycles. The van der Waals surface area contributed by atoms with Gasteiger partial charge in [-0.05, 0) is 19.8 Å². The van der Waals surface area contributed by atoms with Gasteiger partial charge in [0.05, 0.1) is 6.33 Å². The highest BCUT2D eigenvalue weighted by molar-refractivity contribution is 5.80. The minimum absolute atomic E-state index is 0.113. The Morgan fingerprint density at radius 2 is 2.41 bits per heavy atom. The van der Waals surface area contributed by atoms with Crippen molar-refractivity contribution in [1.82, 2.24) is 24.6 Å². The summed E-state index contributed by atoms with van der Waals surface area (Å²) in [4.78, 5) is 23.0. The number of carbonyl (C=O) groups excluding carboxylic acids is 1. The molecule has 7 heteroatoms. The highest BCUT2D eigenvalue weighted by Crippen LogP contribution is 2.26. The van der Waals surface area contributed by atoms with Crippen molar-refractivity contribution in [3.63, 3.8) is 0 Å². The van der Waals surface area contributed by atoms with Crippen molar-refractivity contribution < 1.29 is 9.32 Å². The average Bonchev–Trinajstić information content (AvgIpc) is 3.24. The van der Waals surface area contributed by atoms with Crippen LogP contribution in [0.5, 0.6) is 0 Å². The summed E-state index contributed by atoms with van der Waals surface area (Å²) < 4.78 is 7.02. The number of imidazole rings is 1. The summed E-state index contributed by atoms with van der Waals surface area (Å²) in [6.07, 6.45) is 7.87. The minimum atomic E-state index is -0.238. The second-order valence-corrected chi connectivity index (χ2v) is 5.71. The largest absolute Gasteiger partial charge is 0.340 e. The first-order valence-corrected chi connectivity index (χ1v) is 7.77. The molecule has 3 heterocycles. The number of likely N-dealkylation sites (tertiary alicyclic amines) is 1. The van der Waals surface area contributed by atoms with Gasteiger partial charge in [-0.3, -0.25) is 4.79 Å². The van der Waals surface area contributed by atoms with E-state index in [4.69, 9.17) is 4.52 Å². The first kappa shape index (κ1) is 14.7. The monoisotopic (exact) mass is 303 g/mol. The first-order chi connectivity index (χ1) is 10.7. The molecule has 3 rings (SSSR count). The van der Waals surface area contributed by atoms with Gasteiger partial charge in [-0.1, -0.05) is 12.1 Å². The van der Waals surface area contributed by atoms with Crippen LogP contribution in [0.15, 0.2) is 23.2 Å². The summed E-state index contributed by atoms with van der Waals surface area (Å²) in [6, 6.07) is -0.238. The van der Waals surface area contributed by atoms with Gasteiger partial charge < -0.3 is 14.0 Å². The number of nitrogens with zero attached hydrogens (tertiary/aromatic N) is 5. The number of aryl methyl sites for hydroxylation is 1. The summed E-state index contributed by atoms with van der Waals surface area (Å²) in [5.74, 6) is 1.66. The molecule has 0 aromatic carbocycles. The molecular formula is C15H21N5O2. The molecule has 1 saturated heterocycles. The van der Waals surface area contributed by atoms with Crippen molar-refractivity contribution in [3.05, 3.63) is 30.4 Å². The van der Waals surface area contributed by atoms with Crippen LogP contribution in [0.25, 0.3) is 0 Å². The van der Waals surface area contributed by atoms with Crippen LogP contribution in [-0.2, 0) is 11.2 Å². The Bertz CT molecular complexity index is 622. The van der Waals surface area contributed by atoms with Gasteiger partial charge in [0, 0.05) is 37.8 Å². The lowest BCUT2D eigenvalue weighted by atomic mass is 9.97. The van der Waals surface area contributed by atoms with Crippen molar-refractivity contribution >= 4 is 5.91 Å². The quantitative estimate of drug-likeness (QED) is 0.860. The number of rotatable bonds is 4. The molecule has 0 radical (unpaired) electrons. The van der Waals surface area contributed by atoms with Crippen LogP contribution >= 0.6 is 0 Å². The average molecular weight is 303 g/mol. The third kappa shape index (κ3) is 2.88. The fourth-order valence-corrected chi connectivity index (χ4v) is 2.86. The van der Waals surface area contributed by atoms with Gasteiger partial charge in [0.15, 0.2) is 5.82 Å². The van der Waals surface area contributed by atoms with Crippen molar-refractivity contribution in [1.29, 1.82) is 0 Å². The van der Waals surface area contributed by atoms with E-state index in [1.807, 2.05) is 29.5 Å². The highest BCUT2D eigenvalue weighted by atomic mass is 16.5. The van der Waals surface area contributed by atoms with Gasteiger partial charge in [-0.15, -0.1) is 0 Å². The predicted molar refractivity (Wildman–Crippen MR) is 79.2 cm³/mol. The van der Waals surface area contributed by atoms with Gasteiger partial charge in [0.25, 0.3) is 0 Å². The van der Waals surface area contributed by atoms with Crippen LogP contribution < -0.4 is 0 Å². The number of aromatic nitrogens is 4. The summed E-state index contributed by atoms with van der Waals surface area (Å²) in [5, 5.41) is 4.06. The van der Waals surface area contributed by atoms with Crippen LogP contribution in [0.2, 0.25) is 0 Å². The number of amides is 1. The first-order valence-electron chi connectivity index (χ1n) is 7.77. The molecule has 0 saturated carbocycles. The Morgan fingerprint density at radius 1 is 1.55 bits per heavy atom. The van der Waals surface area contributed by atoms with E-state index in [2.05, 4.69) is 15.1 Å². The topological polar surface area (TPSA) is 77.1 Å². The van der Waals surface area contributed by atoms with Crippen molar-refractivity contribution in [3.8, 4) is 0 Å². The Hall–Kier alpha value is -2.18. The molecule has 22 heavy (non-hydrogen) atoms. The number of carbonyl (C=O) groups is 1. The molecule has 0 aliphatic carbocycles. The zero-order chi connectivity index (χ0) is 15.5. The highest BCUT2D eigenvalue weighted by Gasteiger charge is 2.30. The molecule has 2 atom stereocenters. The van der Waals surface area contributed by atoms with Gasteiger partial charge in [-0.2, -0.15) is 4.98 Å². The molecule has 0 spiro atoms. The maximum atomic E-state index is 12.6. The maximum Gasteiger partial charge on any atom is 0.245 e. The maximum absolute atomic E-state index is 12.6. The lowest BCUT2D eigenvalue weighted by Gasteiger charge is -2.33. The van der Waals surface area contributed by atoms with E-state index >= 15 is 0 Å². The summed E-state index contributed by atoms with van der Waals surface area (Å²) in [5.41, 5.74) is 0. The molecule has 7 nitrogen and oxygen atoms in total.